The molecule has 0 nitrogen and oxygen atoms in total. The third-order valence-electron chi connectivity index (χ3n) is 0.560. The first-order valence-corrected chi connectivity index (χ1v) is 2.47. The number of halogens is 1. The molecule has 0 bridgehead atoms. The lowest BCUT2D eigenvalue weighted by Crippen LogP contribution is -1.44. The standard InChI is InChI=1S/C5H3Br/c6-5-3-1-2-4-5/h1,3-4H. The maximum Gasteiger partial charge on any atom is 0.0258 e. The lowest BCUT2D eigenvalue weighted by molar-refractivity contribution is 2.05. The molecular formula is C5H3Br. The average Bonchev–Trinajstić information content (AvgIpc) is 1.86. The molecule has 0 saturated carbocycles. The van der Waals surface area contributed by atoms with Crippen LogP contribution in [0.15, 0.2) is 28.4 Å². The monoisotopic (exact) mass is 142 g/mol. The van der Waals surface area contributed by atoms with Crippen molar-refractivity contribution in [2.45, 2.75) is 0 Å². The summed E-state index contributed by atoms with van der Waals surface area (Å²) in [4.78, 5) is 0. The van der Waals surface area contributed by atoms with Gasteiger partial charge in [-0.15, -0.1) is 5.73 Å². The Morgan fingerprint density at radius 1 is 1.67 bits per heavy atom. The quantitative estimate of drug-likeness (QED) is 0.455. The summed E-state index contributed by atoms with van der Waals surface area (Å²) in [5.41, 5.74) is 2.88. The van der Waals surface area contributed by atoms with E-state index in [1.165, 1.54) is 0 Å². The minimum absolute atomic E-state index is 1.10. The van der Waals surface area contributed by atoms with Gasteiger partial charge in [-0.25, -0.2) is 0 Å². The minimum atomic E-state index is 1.10. The Morgan fingerprint density at radius 2 is 2.50 bits per heavy atom. The van der Waals surface area contributed by atoms with Gasteiger partial charge in [0.15, 0.2) is 0 Å². The predicted octanol–water partition coefficient (Wildman–Crippen LogP) is 1.99. The Labute approximate surface area is 45.0 Å². The van der Waals surface area contributed by atoms with Gasteiger partial charge in [-0.05, 0) is 18.2 Å². The van der Waals surface area contributed by atoms with E-state index in [0.29, 0.717) is 0 Å². The van der Waals surface area contributed by atoms with Gasteiger partial charge in [-0.2, -0.15) is 0 Å². The molecule has 0 amide bonds. The molecule has 1 aliphatic rings. The Morgan fingerprint density at radius 3 is 2.67 bits per heavy atom. The first-order valence-electron chi connectivity index (χ1n) is 1.68. The molecule has 1 heteroatoms. The van der Waals surface area contributed by atoms with Crippen molar-refractivity contribution in [2.24, 2.45) is 0 Å². The highest BCUT2D eigenvalue weighted by Gasteiger charge is 1.80. The van der Waals surface area contributed by atoms with Crippen molar-refractivity contribution in [3.63, 3.8) is 0 Å². The molecule has 0 aromatic heterocycles. The number of hydrogen-bond acceptors (Lipinski definition) is 0. The summed E-state index contributed by atoms with van der Waals surface area (Å²) >= 11 is 3.25. The van der Waals surface area contributed by atoms with Crippen LogP contribution >= 0.6 is 15.9 Å². The van der Waals surface area contributed by atoms with Crippen molar-refractivity contribution in [3.05, 3.63) is 28.4 Å². The van der Waals surface area contributed by atoms with Crippen LogP contribution < -0.4 is 0 Å². The van der Waals surface area contributed by atoms with E-state index in [4.69, 9.17) is 0 Å². The van der Waals surface area contributed by atoms with Crippen LogP contribution in [0.25, 0.3) is 0 Å². The molecule has 0 heterocycles. The second kappa shape index (κ2) is 1.46. The summed E-state index contributed by atoms with van der Waals surface area (Å²) in [6, 6.07) is 0. The molecular weight excluding hydrogens is 140 g/mol. The van der Waals surface area contributed by atoms with Crippen molar-refractivity contribution in [1.29, 1.82) is 0 Å². The lowest BCUT2D eigenvalue weighted by Gasteiger charge is -1.68. The number of allylic oxidation sites excluding steroid dienone is 3. The van der Waals surface area contributed by atoms with Crippen LogP contribution in [-0.4, -0.2) is 0 Å². The maximum atomic E-state index is 3.25. The summed E-state index contributed by atoms with van der Waals surface area (Å²) in [6.07, 6.45) is 5.68. The van der Waals surface area contributed by atoms with Gasteiger partial charge >= 0.3 is 0 Å². The SMILES string of the molecule is BrC1=CC=C=C1. The summed E-state index contributed by atoms with van der Waals surface area (Å²) < 4.78 is 1.10. The van der Waals surface area contributed by atoms with Crippen LogP contribution in [0.3, 0.4) is 0 Å². The zero-order chi connectivity index (χ0) is 4.41. The van der Waals surface area contributed by atoms with Crippen LogP contribution in [-0.2, 0) is 0 Å². The lowest BCUT2D eigenvalue weighted by atomic mass is 10.6. The molecule has 0 aromatic carbocycles. The van der Waals surface area contributed by atoms with Crippen molar-refractivity contribution in [2.75, 3.05) is 0 Å². The average molecular weight is 143 g/mol. The van der Waals surface area contributed by atoms with Crippen LogP contribution in [0.2, 0.25) is 0 Å². The Hall–Kier alpha value is -0.260. The highest BCUT2D eigenvalue weighted by Crippen LogP contribution is 2.08. The summed E-state index contributed by atoms with van der Waals surface area (Å²) in [7, 11) is 0. The summed E-state index contributed by atoms with van der Waals surface area (Å²) in [5, 5.41) is 0. The molecule has 0 N–H and O–H groups in total. The van der Waals surface area contributed by atoms with E-state index >= 15 is 0 Å². The highest BCUT2D eigenvalue weighted by atomic mass is 79.9. The Kier molecular flexibility index (Phi) is 0.952. The van der Waals surface area contributed by atoms with E-state index in [9.17, 15) is 0 Å². The normalized spacial score (nSPS) is 15.8. The molecule has 0 spiro atoms. The van der Waals surface area contributed by atoms with Crippen molar-refractivity contribution in [1.82, 2.24) is 0 Å². The van der Waals surface area contributed by atoms with E-state index in [1.54, 1.807) is 0 Å². The first-order chi connectivity index (χ1) is 2.89. The van der Waals surface area contributed by atoms with Gasteiger partial charge < -0.3 is 0 Å². The first kappa shape index (κ1) is 3.91. The van der Waals surface area contributed by atoms with E-state index in [1.807, 2.05) is 18.2 Å². The zero-order valence-electron chi connectivity index (χ0n) is 3.11. The van der Waals surface area contributed by atoms with E-state index < -0.39 is 0 Å². The fourth-order valence-corrected chi connectivity index (χ4v) is 0.568. The number of hydrogen-bond donors (Lipinski definition) is 0. The molecule has 0 aliphatic heterocycles. The van der Waals surface area contributed by atoms with Gasteiger partial charge in [-0.1, -0.05) is 15.9 Å². The second-order valence-corrected chi connectivity index (χ2v) is 1.94. The summed E-state index contributed by atoms with van der Waals surface area (Å²) in [5.74, 6) is 0. The van der Waals surface area contributed by atoms with Crippen LogP contribution in [0, 0.1) is 0 Å². The molecule has 0 aromatic rings. The Balaban J connectivity index is 2.88. The molecule has 1 aliphatic carbocycles. The van der Waals surface area contributed by atoms with Gasteiger partial charge in [0.2, 0.25) is 0 Å². The smallest absolute Gasteiger partial charge is 0.0258 e. The molecule has 0 fully saturated rings. The fraction of sp³-hybridized carbons (Fsp3) is 0. The van der Waals surface area contributed by atoms with Gasteiger partial charge in [-0.3, -0.25) is 0 Å². The topological polar surface area (TPSA) is 0 Å². The molecule has 0 atom stereocenters. The molecule has 0 saturated heterocycles. The molecule has 1 rings (SSSR count). The fourth-order valence-electron chi connectivity index (χ4n) is 0.304. The van der Waals surface area contributed by atoms with Crippen molar-refractivity contribution >= 4 is 15.9 Å². The molecule has 6 heavy (non-hydrogen) atoms. The molecule has 30 valence electrons. The maximum absolute atomic E-state index is 3.25. The minimum Gasteiger partial charge on any atom is -0.120 e. The largest absolute Gasteiger partial charge is 0.120 e. The van der Waals surface area contributed by atoms with Gasteiger partial charge in [0.25, 0.3) is 0 Å². The van der Waals surface area contributed by atoms with Crippen molar-refractivity contribution < 1.29 is 0 Å². The van der Waals surface area contributed by atoms with Crippen LogP contribution in [0.5, 0.6) is 0 Å². The van der Waals surface area contributed by atoms with Gasteiger partial charge in [0, 0.05) is 4.48 Å². The van der Waals surface area contributed by atoms with Crippen molar-refractivity contribution in [3.8, 4) is 0 Å². The van der Waals surface area contributed by atoms with Gasteiger partial charge in [0.05, 0.1) is 0 Å². The van der Waals surface area contributed by atoms with Gasteiger partial charge in [0.1, 0.15) is 0 Å². The third kappa shape index (κ3) is 0.618. The summed E-state index contributed by atoms with van der Waals surface area (Å²) in [6.45, 7) is 0. The zero-order valence-corrected chi connectivity index (χ0v) is 4.70. The number of rotatable bonds is 0. The second-order valence-electron chi connectivity index (χ2n) is 1.03. The molecule has 0 radical (unpaired) electrons. The Bertz CT molecular complexity index is 136. The predicted molar refractivity (Wildman–Crippen MR) is 29.7 cm³/mol. The molecule has 0 unspecified atom stereocenters. The van der Waals surface area contributed by atoms with E-state index in [-0.39, 0.29) is 0 Å². The third-order valence-corrected chi connectivity index (χ3v) is 1.05. The van der Waals surface area contributed by atoms with E-state index in [2.05, 4.69) is 21.7 Å². The van der Waals surface area contributed by atoms with E-state index in [0.717, 1.165) is 4.48 Å². The highest BCUT2D eigenvalue weighted by molar-refractivity contribution is 9.11. The van der Waals surface area contributed by atoms with Crippen LogP contribution in [0.1, 0.15) is 0 Å². The van der Waals surface area contributed by atoms with Crippen LogP contribution in [0.4, 0.5) is 0 Å².